The molecule has 2 aromatic rings. The van der Waals surface area contributed by atoms with Gasteiger partial charge in [0.15, 0.2) is 9.84 Å². The minimum absolute atomic E-state index is 0.0696. The van der Waals surface area contributed by atoms with Gasteiger partial charge in [0.05, 0.1) is 21.2 Å². The van der Waals surface area contributed by atoms with Crippen LogP contribution in [0.3, 0.4) is 0 Å². The third kappa shape index (κ3) is 5.56. The fraction of sp³-hybridized carbons (Fsp3) is 0.286. The average molecular weight is 451 g/mol. The number of sulfonamides is 1. The highest BCUT2D eigenvalue weighted by Crippen LogP contribution is 2.22. The quantitative estimate of drug-likeness (QED) is 0.592. The van der Waals surface area contributed by atoms with Crippen molar-refractivity contribution in [3.8, 4) is 0 Å². The number of carbonyl (C=O) groups is 1. The number of para-hydroxylation sites is 1. The standard InChI is InChI=1S/C21H26N2O5S2/c1-4-23(5-2)30(27,28)18-14-11-17(12-15-18)13-16-21(24)22-19-9-7-8-10-20(19)29(25,26)6-3/h7-16H,4-6H2,1-3H3,(H,22,24)/b16-13+. The van der Waals surface area contributed by atoms with Gasteiger partial charge in [-0.05, 0) is 35.9 Å². The maximum absolute atomic E-state index is 12.5. The van der Waals surface area contributed by atoms with Crippen molar-refractivity contribution < 1.29 is 21.6 Å². The van der Waals surface area contributed by atoms with Crippen molar-refractivity contribution in [3.05, 3.63) is 60.2 Å². The van der Waals surface area contributed by atoms with E-state index in [9.17, 15) is 21.6 Å². The maximum Gasteiger partial charge on any atom is 0.248 e. The van der Waals surface area contributed by atoms with Crippen LogP contribution in [0, 0.1) is 0 Å². The fourth-order valence-electron chi connectivity index (χ4n) is 2.81. The summed E-state index contributed by atoms with van der Waals surface area (Å²) >= 11 is 0. The van der Waals surface area contributed by atoms with Crippen LogP contribution in [0.15, 0.2) is 64.4 Å². The number of amides is 1. The zero-order valence-electron chi connectivity index (χ0n) is 17.2. The topological polar surface area (TPSA) is 101 Å². The van der Waals surface area contributed by atoms with E-state index < -0.39 is 25.8 Å². The molecule has 0 radical (unpaired) electrons. The van der Waals surface area contributed by atoms with Crippen LogP contribution < -0.4 is 5.32 Å². The van der Waals surface area contributed by atoms with Crippen LogP contribution in [0.5, 0.6) is 0 Å². The van der Waals surface area contributed by atoms with E-state index >= 15 is 0 Å². The number of hydrogen-bond acceptors (Lipinski definition) is 5. The highest BCUT2D eigenvalue weighted by atomic mass is 32.2. The minimum Gasteiger partial charge on any atom is -0.321 e. The first-order valence-electron chi connectivity index (χ1n) is 9.56. The zero-order chi connectivity index (χ0) is 22.4. The second kappa shape index (κ2) is 10.0. The summed E-state index contributed by atoms with van der Waals surface area (Å²) < 4.78 is 50.7. The molecule has 0 spiro atoms. The van der Waals surface area contributed by atoms with Crippen molar-refractivity contribution in [2.75, 3.05) is 24.2 Å². The van der Waals surface area contributed by atoms with Gasteiger partial charge in [-0.15, -0.1) is 0 Å². The molecule has 162 valence electrons. The Morgan fingerprint density at radius 3 is 2.10 bits per heavy atom. The summed E-state index contributed by atoms with van der Waals surface area (Å²) in [5, 5.41) is 2.58. The second-order valence-electron chi connectivity index (χ2n) is 6.38. The Labute approximate surface area is 178 Å². The molecule has 9 heteroatoms. The molecule has 1 N–H and O–H groups in total. The molecule has 0 aromatic heterocycles. The van der Waals surface area contributed by atoms with Crippen LogP contribution in [0.4, 0.5) is 5.69 Å². The average Bonchev–Trinajstić information content (AvgIpc) is 2.73. The van der Waals surface area contributed by atoms with Crippen molar-refractivity contribution in [3.63, 3.8) is 0 Å². The van der Waals surface area contributed by atoms with Gasteiger partial charge >= 0.3 is 0 Å². The van der Waals surface area contributed by atoms with E-state index in [0.29, 0.717) is 18.7 Å². The largest absolute Gasteiger partial charge is 0.321 e. The first kappa shape index (κ1) is 23.8. The number of benzene rings is 2. The zero-order valence-corrected chi connectivity index (χ0v) is 18.8. The third-order valence-corrected chi connectivity index (χ3v) is 8.36. The van der Waals surface area contributed by atoms with Crippen molar-refractivity contribution >= 4 is 37.5 Å². The smallest absolute Gasteiger partial charge is 0.248 e. The molecule has 30 heavy (non-hydrogen) atoms. The number of hydrogen-bond donors (Lipinski definition) is 1. The van der Waals surface area contributed by atoms with Crippen molar-refractivity contribution in [1.29, 1.82) is 0 Å². The van der Waals surface area contributed by atoms with Gasteiger partial charge in [0, 0.05) is 19.2 Å². The summed E-state index contributed by atoms with van der Waals surface area (Å²) in [6.07, 6.45) is 2.79. The Morgan fingerprint density at radius 2 is 1.53 bits per heavy atom. The van der Waals surface area contributed by atoms with E-state index in [1.54, 1.807) is 38.1 Å². The highest BCUT2D eigenvalue weighted by Gasteiger charge is 2.21. The Balaban J connectivity index is 2.15. The Morgan fingerprint density at radius 1 is 0.933 bits per heavy atom. The normalized spacial score (nSPS) is 12.4. The lowest BCUT2D eigenvalue weighted by atomic mass is 10.2. The van der Waals surface area contributed by atoms with Gasteiger partial charge in [-0.25, -0.2) is 16.8 Å². The molecule has 0 aliphatic rings. The highest BCUT2D eigenvalue weighted by molar-refractivity contribution is 7.91. The van der Waals surface area contributed by atoms with E-state index in [1.165, 1.54) is 47.6 Å². The van der Waals surface area contributed by atoms with Crippen molar-refractivity contribution in [1.82, 2.24) is 4.31 Å². The van der Waals surface area contributed by atoms with E-state index in [2.05, 4.69) is 5.32 Å². The first-order chi connectivity index (χ1) is 14.2. The second-order valence-corrected chi connectivity index (χ2v) is 10.6. The predicted octanol–water partition coefficient (Wildman–Crippen LogP) is 3.16. The summed E-state index contributed by atoms with van der Waals surface area (Å²) in [5.41, 5.74) is 0.854. The SMILES string of the molecule is CCN(CC)S(=O)(=O)c1ccc(/C=C/C(=O)Nc2ccccc2S(=O)(=O)CC)cc1. The van der Waals surface area contributed by atoms with E-state index in [1.807, 2.05) is 0 Å². The summed E-state index contributed by atoms with van der Waals surface area (Å²) in [4.78, 5) is 12.5. The Kier molecular flexibility index (Phi) is 7.94. The molecular formula is C21H26N2O5S2. The predicted molar refractivity (Wildman–Crippen MR) is 118 cm³/mol. The molecule has 0 heterocycles. The number of carbonyl (C=O) groups excluding carboxylic acids is 1. The maximum atomic E-state index is 12.5. The van der Waals surface area contributed by atoms with E-state index in [0.717, 1.165) is 0 Å². The number of nitrogens with one attached hydrogen (secondary N) is 1. The van der Waals surface area contributed by atoms with Gasteiger partial charge in [-0.1, -0.05) is 45.0 Å². The summed E-state index contributed by atoms with van der Waals surface area (Å²) in [5.74, 6) is -0.563. The molecule has 2 aromatic carbocycles. The van der Waals surface area contributed by atoms with E-state index in [4.69, 9.17) is 0 Å². The molecule has 0 unspecified atom stereocenters. The van der Waals surface area contributed by atoms with Crippen LogP contribution in [-0.4, -0.2) is 45.9 Å². The van der Waals surface area contributed by atoms with Crippen LogP contribution in [0.2, 0.25) is 0 Å². The molecule has 0 saturated carbocycles. The van der Waals surface area contributed by atoms with Crippen LogP contribution in [0.25, 0.3) is 6.08 Å². The molecule has 1 amide bonds. The molecule has 0 saturated heterocycles. The summed E-state index contributed by atoms with van der Waals surface area (Å²) in [6.45, 7) is 5.87. The molecule has 0 aliphatic carbocycles. The third-order valence-electron chi connectivity index (χ3n) is 4.51. The number of anilines is 1. The molecule has 0 fully saturated rings. The summed E-state index contributed by atoms with van der Waals surface area (Å²) in [7, 11) is -7.01. The van der Waals surface area contributed by atoms with Gasteiger partial charge in [0.2, 0.25) is 15.9 Å². The van der Waals surface area contributed by atoms with Crippen molar-refractivity contribution in [2.24, 2.45) is 0 Å². The monoisotopic (exact) mass is 450 g/mol. The molecule has 0 aliphatic heterocycles. The Hall–Kier alpha value is -2.49. The lowest BCUT2D eigenvalue weighted by molar-refractivity contribution is -0.111. The minimum atomic E-state index is -3.54. The molecule has 2 rings (SSSR count). The summed E-state index contributed by atoms with van der Waals surface area (Å²) in [6, 6.07) is 12.4. The van der Waals surface area contributed by atoms with E-state index in [-0.39, 0.29) is 21.2 Å². The molecular weight excluding hydrogens is 424 g/mol. The molecule has 0 atom stereocenters. The first-order valence-corrected chi connectivity index (χ1v) is 12.7. The lowest BCUT2D eigenvalue weighted by Gasteiger charge is -2.18. The molecule has 7 nitrogen and oxygen atoms in total. The number of rotatable bonds is 9. The van der Waals surface area contributed by atoms with Gasteiger partial charge in [0.25, 0.3) is 0 Å². The van der Waals surface area contributed by atoms with Crippen LogP contribution in [0.1, 0.15) is 26.3 Å². The van der Waals surface area contributed by atoms with Crippen LogP contribution in [-0.2, 0) is 24.7 Å². The van der Waals surface area contributed by atoms with Gasteiger partial charge in [-0.3, -0.25) is 4.79 Å². The van der Waals surface area contributed by atoms with Gasteiger partial charge < -0.3 is 5.32 Å². The number of nitrogens with zero attached hydrogens (tertiary/aromatic N) is 1. The van der Waals surface area contributed by atoms with Gasteiger partial charge in [-0.2, -0.15) is 4.31 Å². The fourth-order valence-corrected chi connectivity index (χ4v) is 5.32. The van der Waals surface area contributed by atoms with Gasteiger partial charge in [0.1, 0.15) is 0 Å². The van der Waals surface area contributed by atoms with Crippen LogP contribution >= 0.6 is 0 Å². The van der Waals surface area contributed by atoms with Crippen molar-refractivity contribution in [2.45, 2.75) is 30.6 Å². The number of sulfone groups is 1. The Bertz CT molecular complexity index is 1120. The molecule has 0 bridgehead atoms. The lowest BCUT2D eigenvalue weighted by Crippen LogP contribution is -2.30.